The molecule has 2 saturated heterocycles. The maximum Gasteiger partial charge on any atom is 0.253 e. The van der Waals surface area contributed by atoms with Gasteiger partial charge >= 0.3 is 0 Å². The molecule has 1 unspecified atom stereocenters. The number of carbonyl (C=O) groups is 1. The number of likely N-dealkylation sites (tertiary alicyclic amines) is 2. The second-order valence-electron chi connectivity index (χ2n) is 6.84. The predicted octanol–water partition coefficient (Wildman–Crippen LogP) is 2.36. The quantitative estimate of drug-likeness (QED) is 0.910. The molecule has 3 heterocycles. The van der Waals surface area contributed by atoms with Crippen LogP contribution in [0.5, 0.6) is 0 Å². The standard InChI is InChI=1S/C18H25N3O/c22-18(15-4-5-17-14(12-15)6-8-19-17)21-11-7-16(13-21)20-9-2-1-3-10-20/h4-5,12,16,19H,1-3,6-11,13H2. The van der Waals surface area contributed by atoms with Crippen molar-refractivity contribution in [2.24, 2.45) is 0 Å². The van der Waals surface area contributed by atoms with Gasteiger partial charge in [0.1, 0.15) is 0 Å². The highest BCUT2D eigenvalue weighted by atomic mass is 16.2. The molecule has 0 saturated carbocycles. The molecule has 1 aromatic carbocycles. The molecule has 0 aromatic heterocycles. The number of nitrogens with zero attached hydrogens (tertiary/aromatic N) is 2. The zero-order valence-electron chi connectivity index (χ0n) is 13.2. The van der Waals surface area contributed by atoms with Gasteiger partial charge in [-0.15, -0.1) is 0 Å². The second kappa shape index (κ2) is 5.92. The van der Waals surface area contributed by atoms with Crippen molar-refractivity contribution in [3.63, 3.8) is 0 Å². The molecule has 22 heavy (non-hydrogen) atoms. The second-order valence-corrected chi connectivity index (χ2v) is 6.84. The summed E-state index contributed by atoms with van der Waals surface area (Å²) in [5.74, 6) is 0.217. The summed E-state index contributed by atoms with van der Waals surface area (Å²) in [7, 11) is 0. The summed E-state index contributed by atoms with van der Waals surface area (Å²) >= 11 is 0. The fourth-order valence-electron chi connectivity index (χ4n) is 4.13. The monoisotopic (exact) mass is 299 g/mol. The predicted molar refractivity (Wildman–Crippen MR) is 88.4 cm³/mol. The lowest BCUT2D eigenvalue weighted by Gasteiger charge is -2.32. The van der Waals surface area contributed by atoms with Crippen molar-refractivity contribution < 1.29 is 4.79 Å². The Kier molecular flexibility index (Phi) is 3.78. The van der Waals surface area contributed by atoms with Crippen LogP contribution < -0.4 is 5.32 Å². The summed E-state index contributed by atoms with van der Waals surface area (Å²) in [6.45, 7) is 5.26. The van der Waals surface area contributed by atoms with E-state index in [4.69, 9.17) is 0 Å². The van der Waals surface area contributed by atoms with Crippen LogP contribution in [0.15, 0.2) is 18.2 Å². The number of fused-ring (bicyclic) bond motifs is 1. The zero-order chi connectivity index (χ0) is 14.9. The molecule has 0 radical (unpaired) electrons. The van der Waals surface area contributed by atoms with Crippen LogP contribution in [-0.4, -0.2) is 54.5 Å². The molecular weight excluding hydrogens is 274 g/mol. The molecule has 1 N–H and O–H groups in total. The number of rotatable bonds is 2. The Balaban J connectivity index is 1.43. The molecule has 1 aromatic rings. The third-order valence-electron chi connectivity index (χ3n) is 5.42. The third kappa shape index (κ3) is 2.60. The van der Waals surface area contributed by atoms with Gasteiger partial charge in [0.2, 0.25) is 0 Å². The summed E-state index contributed by atoms with van der Waals surface area (Å²) in [5, 5.41) is 3.35. The van der Waals surface area contributed by atoms with E-state index in [9.17, 15) is 4.79 Å². The lowest BCUT2D eigenvalue weighted by molar-refractivity contribution is 0.0771. The molecular formula is C18H25N3O. The van der Waals surface area contributed by atoms with Gasteiger partial charge in [-0.05, 0) is 62.5 Å². The molecule has 4 heteroatoms. The van der Waals surface area contributed by atoms with E-state index in [2.05, 4.69) is 27.2 Å². The van der Waals surface area contributed by atoms with Gasteiger partial charge in [0.05, 0.1) is 0 Å². The number of carbonyl (C=O) groups excluding carboxylic acids is 1. The van der Waals surface area contributed by atoms with Crippen LogP contribution in [0.1, 0.15) is 41.6 Å². The van der Waals surface area contributed by atoms with Crippen molar-refractivity contribution in [2.75, 3.05) is 38.0 Å². The van der Waals surface area contributed by atoms with Gasteiger partial charge in [0.25, 0.3) is 5.91 Å². The van der Waals surface area contributed by atoms with E-state index >= 15 is 0 Å². The highest BCUT2D eigenvalue weighted by molar-refractivity contribution is 5.95. The van der Waals surface area contributed by atoms with Crippen LogP contribution in [-0.2, 0) is 6.42 Å². The van der Waals surface area contributed by atoms with Crippen molar-refractivity contribution in [3.8, 4) is 0 Å². The molecule has 3 aliphatic rings. The molecule has 118 valence electrons. The number of hydrogen-bond acceptors (Lipinski definition) is 3. The molecule has 4 rings (SSSR count). The van der Waals surface area contributed by atoms with Crippen molar-refractivity contribution >= 4 is 11.6 Å². The molecule has 1 atom stereocenters. The average molecular weight is 299 g/mol. The lowest BCUT2D eigenvalue weighted by Crippen LogP contribution is -2.41. The van der Waals surface area contributed by atoms with Gasteiger partial charge in [-0.2, -0.15) is 0 Å². The van der Waals surface area contributed by atoms with Crippen molar-refractivity contribution in [1.29, 1.82) is 0 Å². The van der Waals surface area contributed by atoms with Gasteiger partial charge in [-0.3, -0.25) is 9.69 Å². The number of amides is 1. The third-order valence-corrected chi connectivity index (χ3v) is 5.42. The number of hydrogen-bond donors (Lipinski definition) is 1. The number of anilines is 1. The summed E-state index contributed by atoms with van der Waals surface area (Å²) in [5.41, 5.74) is 3.35. The van der Waals surface area contributed by atoms with Gasteiger partial charge in [-0.25, -0.2) is 0 Å². The van der Waals surface area contributed by atoms with Crippen LogP contribution >= 0.6 is 0 Å². The first-order valence-corrected chi connectivity index (χ1v) is 8.71. The normalized spacial score (nSPS) is 25.1. The fourth-order valence-corrected chi connectivity index (χ4v) is 4.13. The Hall–Kier alpha value is -1.55. The highest BCUT2D eigenvalue weighted by Gasteiger charge is 2.31. The van der Waals surface area contributed by atoms with Crippen LogP contribution in [0.4, 0.5) is 5.69 Å². The Labute approximate surface area is 132 Å². The first-order valence-electron chi connectivity index (χ1n) is 8.71. The topological polar surface area (TPSA) is 35.6 Å². The maximum absolute atomic E-state index is 12.8. The number of benzene rings is 1. The van der Waals surface area contributed by atoms with E-state index in [-0.39, 0.29) is 5.91 Å². The molecule has 0 bridgehead atoms. The van der Waals surface area contributed by atoms with Crippen LogP contribution in [0, 0.1) is 0 Å². The van der Waals surface area contributed by atoms with Crippen molar-refractivity contribution in [1.82, 2.24) is 9.80 Å². The van der Waals surface area contributed by atoms with Crippen molar-refractivity contribution in [2.45, 2.75) is 38.1 Å². The summed E-state index contributed by atoms with van der Waals surface area (Å²) in [6.07, 6.45) is 6.19. The average Bonchev–Trinajstić information content (AvgIpc) is 3.23. The number of nitrogens with one attached hydrogen (secondary N) is 1. The Morgan fingerprint density at radius 1 is 1.14 bits per heavy atom. The largest absolute Gasteiger partial charge is 0.384 e. The Morgan fingerprint density at radius 3 is 2.86 bits per heavy atom. The SMILES string of the molecule is O=C(c1ccc2c(c1)CCN2)N1CCC(N2CCCCC2)C1. The van der Waals surface area contributed by atoms with Crippen LogP contribution in [0.2, 0.25) is 0 Å². The fraction of sp³-hybridized carbons (Fsp3) is 0.611. The first-order chi connectivity index (χ1) is 10.8. The van der Waals surface area contributed by atoms with Gasteiger partial charge in [0, 0.05) is 36.9 Å². The lowest BCUT2D eigenvalue weighted by atomic mass is 10.1. The summed E-state index contributed by atoms with van der Waals surface area (Å²) in [6, 6.07) is 6.72. The minimum atomic E-state index is 0.217. The maximum atomic E-state index is 12.8. The molecule has 2 fully saturated rings. The van der Waals surface area contributed by atoms with E-state index in [0.29, 0.717) is 6.04 Å². The molecule has 4 nitrogen and oxygen atoms in total. The number of piperidine rings is 1. The van der Waals surface area contributed by atoms with Crippen molar-refractivity contribution in [3.05, 3.63) is 29.3 Å². The molecule has 0 spiro atoms. The molecule has 0 aliphatic carbocycles. The molecule has 1 amide bonds. The van der Waals surface area contributed by atoms with E-state index < -0.39 is 0 Å². The molecule has 3 aliphatic heterocycles. The summed E-state index contributed by atoms with van der Waals surface area (Å²) in [4.78, 5) is 17.4. The van der Waals surface area contributed by atoms with Crippen LogP contribution in [0.25, 0.3) is 0 Å². The van der Waals surface area contributed by atoms with E-state index in [1.807, 2.05) is 6.07 Å². The Morgan fingerprint density at radius 2 is 2.00 bits per heavy atom. The smallest absolute Gasteiger partial charge is 0.253 e. The van der Waals surface area contributed by atoms with E-state index in [0.717, 1.165) is 38.0 Å². The highest BCUT2D eigenvalue weighted by Crippen LogP contribution is 2.25. The first kappa shape index (κ1) is 14.1. The van der Waals surface area contributed by atoms with Gasteiger partial charge in [-0.1, -0.05) is 6.42 Å². The minimum absolute atomic E-state index is 0.217. The van der Waals surface area contributed by atoms with E-state index in [1.165, 1.54) is 43.6 Å². The zero-order valence-corrected chi connectivity index (χ0v) is 13.2. The van der Waals surface area contributed by atoms with E-state index in [1.54, 1.807) is 0 Å². The minimum Gasteiger partial charge on any atom is -0.384 e. The van der Waals surface area contributed by atoms with Gasteiger partial charge in [0.15, 0.2) is 0 Å². The van der Waals surface area contributed by atoms with Gasteiger partial charge < -0.3 is 10.2 Å². The summed E-state index contributed by atoms with van der Waals surface area (Å²) < 4.78 is 0. The van der Waals surface area contributed by atoms with Crippen LogP contribution in [0.3, 0.4) is 0 Å². The Bertz CT molecular complexity index is 565.